The smallest absolute Gasteiger partial charge is 0.307 e. The molecule has 1 fully saturated rings. The summed E-state index contributed by atoms with van der Waals surface area (Å²) in [4.78, 5) is 22.0. The number of nitrogens with one attached hydrogen (secondary N) is 1. The van der Waals surface area contributed by atoms with Gasteiger partial charge in [-0.25, -0.2) is 0 Å². The van der Waals surface area contributed by atoms with E-state index in [1.54, 1.807) is 0 Å². The van der Waals surface area contributed by atoms with Crippen molar-refractivity contribution < 1.29 is 14.7 Å². The minimum atomic E-state index is -0.852. The van der Waals surface area contributed by atoms with Crippen molar-refractivity contribution in [1.82, 2.24) is 5.32 Å². The van der Waals surface area contributed by atoms with Crippen LogP contribution >= 0.6 is 0 Å². The molecule has 0 aromatic carbocycles. The van der Waals surface area contributed by atoms with Crippen LogP contribution in [0.5, 0.6) is 0 Å². The van der Waals surface area contributed by atoms with Crippen molar-refractivity contribution in [3.8, 4) is 0 Å². The molecule has 1 saturated carbocycles. The highest BCUT2D eigenvalue weighted by atomic mass is 16.4. The van der Waals surface area contributed by atoms with E-state index < -0.39 is 11.9 Å². The average Bonchev–Trinajstić information content (AvgIpc) is 2.80. The van der Waals surface area contributed by atoms with Gasteiger partial charge < -0.3 is 10.4 Å². The number of aliphatic carboxylic acids is 1. The van der Waals surface area contributed by atoms with Gasteiger partial charge in [-0.1, -0.05) is 12.2 Å². The zero-order chi connectivity index (χ0) is 10.1. The van der Waals surface area contributed by atoms with Crippen LogP contribution in [0.25, 0.3) is 0 Å². The summed E-state index contributed by atoms with van der Waals surface area (Å²) >= 11 is 0. The third kappa shape index (κ3) is 1.78. The zero-order valence-corrected chi connectivity index (χ0v) is 7.77. The number of rotatable bonds is 3. The second-order valence-electron chi connectivity index (χ2n) is 3.94. The van der Waals surface area contributed by atoms with Crippen molar-refractivity contribution in [3.63, 3.8) is 0 Å². The SMILES string of the molecule is O=C(O)C1CC1C(=O)NC1CC=CC1. The topological polar surface area (TPSA) is 66.4 Å². The van der Waals surface area contributed by atoms with Crippen LogP contribution in [0, 0.1) is 11.8 Å². The molecule has 0 aliphatic heterocycles. The number of hydrogen-bond acceptors (Lipinski definition) is 2. The lowest BCUT2D eigenvalue weighted by atomic mass is 10.2. The number of carboxylic acids is 1. The lowest BCUT2D eigenvalue weighted by Gasteiger charge is -2.11. The Balaban J connectivity index is 1.77. The van der Waals surface area contributed by atoms with Gasteiger partial charge in [-0.05, 0) is 19.3 Å². The molecule has 2 rings (SSSR count). The van der Waals surface area contributed by atoms with Crippen LogP contribution in [0.3, 0.4) is 0 Å². The van der Waals surface area contributed by atoms with Gasteiger partial charge in [0.1, 0.15) is 0 Å². The van der Waals surface area contributed by atoms with Crippen LogP contribution in [-0.4, -0.2) is 23.0 Å². The molecule has 4 heteroatoms. The molecule has 4 nitrogen and oxygen atoms in total. The van der Waals surface area contributed by atoms with Gasteiger partial charge in [0.05, 0.1) is 11.8 Å². The molecule has 2 aliphatic carbocycles. The summed E-state index contributed by atoms with van der Waals surface area (Å²) in [5.41, 5.74) is 0. The largest absolute Gasteiger partial charge is 0.481 e. The second-order valence-corrected chi connectivity index (χ2v) is 3.94. The van der Waals surface area contributed by atoms with Gasteiger partial charge in [0.15, 0.2) is 0 Å². The van der Waals surface area contributed by atoms with Gasteiger partial charge in [-0.3, -0.25) is 9.59 Å². The van der Waals surface area contributed by atoms with Crippen molar-refractivity contribution in [1.29, 1.82) is 0 Å². The lowest BCUT2D eigenvalue weighted by Crippen LogP contribution is -2.34. The summed E-state index contributed by atoms with van der Waals surface area (Å²) in [5.74, 6) is -1.67. The first-order valence-electron chi connectivity index (χ1n) is 4.86. The Kier molecular flexibility index (Phi) is 2.27. The molecule has 0 bridgehead atoms. The summed E-state index contributed by atoms with van der Waals surface area (Å²) in [6, 6.07) is 0.192. The van der Waals surface area contributed by atoms with Crippen LogP contribution < -0.4 is 5.32 Å². The van der Waals surface area contributed by atoms with Crippen molar-refractivity contribution in [3.05, 3.63) is 12.2 Å². The summed E-state index contributed by atoms with van der Waals surface area (Å²) in [7, 11) is 0. The van der Waals surface area contributed by atoms with Crippen molar-refractivity contribution in [2.24, 2.45) is 11.8 Å². The van der Waals surface area contributed by atoms with E-state index in [1.807, 2.05) is 12.2 Å². The highest BCUT2D eigenvalue weighted by Crippen LogP contribution is 2.38. The molecule has 0 spiro atoms. The Morgan fingerprint density at radius 2 is 1.86 bits per heavy atom. The maximum Gasteiger partial charge on any atom is 0.307 e. The first-order chi connectivity index (χ1) is 6.68. The van der Waals surface area contributed by atoms with E-state index >= 15 is 0 Å². The Bertz CT molecular complexity index is 290. The summed E-state index contributed by atoms with van der Waals surface area (Å²) in [5, 5.41) is 11.5. The highest BCUT2D eigenvalue weighted by Gasteiger charge is 2.48. The molecule has 1 amide bonds. The molecule has 0 heterocycles. The molecule has 0 aromatic rings. The fraction of sp³-hybridized carbons (Fsp3) is 0.600. The highest BCUT2D eigenvalue weighted by molar-refractivity contribution is 5.89. The molecule has 2 N–H and O–H groups in total. The number of amides is 1. The van der Waals surface area contributed by atoms with E-state index in [1.165, 1.54) is 0 Å². The Morgan fingerprint density at radius 1 is 1.21 bits per heavy atom. The number of carbonyl (C=O) groups is 2. The van der Waals surface area contributed by atoms with Gasteiger partial charge >= 0.3 is 5.97 Å². The zero-order valence-electron chi connectivity index (χ0n) is 7.77. The minimum absolute atomic E-state index is 0.0916. The van der Waals surface area contributed by atoms with Gasteiger partial charge in [-0.2, -0.15) is 0 Å². The third-order valence-corrected chi connectivity index (χ3v) is 2.80. The molecule has 0 aromatic heterocycles. The maximum atomic E-state index is 11.5. The van der Waals surface area contributed by atoms with E-state index in [2.05, 4.69) is 5.32 Å². The fourth-order valence-electron chi connectivity index (χ4n) is 1.80. The first-order valence-corrected chi connectivity index (χ1v) is 4.86. The molecule has 2 atom stereocenters. The van der Waals surface area contributed by atoms with E-state index in [9.17, 15) is 9.59 Å². The number of carboxylic acid groups (broad SMARTS) is 1. The van der Waals surface area contributed by atoms with E-state index in [4.69, 9.17) is 5.11 Å². The summed E-state index contributed by atoms with van der Waals surface area (Å²) in [6.45, 7) is 0. The van der Waals surface area contributed by atoms with Gasteiger partial charge in [0.25, 0.3) is 0 Å². The van der Waals surface area contributed by atoms with E-state index in [0.29, 0.717) is 6.42 Å². The van der Waals surface area contributed by atoms with Gasteiger partial charge in [-0.15, -0.1) is 0 Å². The molecular weight excluding hydrogens is 182 g/mol. The summed E-state index contributed by atoms with van der Waals surface area (Å²) in [6.07, 6.45) is 6.31. The number of carbonyl (C=O) groups excluding carboxylic acids is 1. The van der Waals surface area contributed by atoms with E-state index in [-0.39, 0.29) is 17.9 Å². The third-order valence-electron chi connectivity index (χ3n) is 2.80. The van der Waals surface area contributed by atoms with Crippen LogP contribution in [0.1, 0.15) is 19.3 Å². The molecule has 2 unspecified atom stereocenters. The van der Waals surface area contributed by atoms with Gasteiger partial charge in [0.2, 0.25) is 5.91 Å². The Hall–Kier alpha value is -1.32. The molecule has 0 radical (unpaired) electrons. The van der Waals surface area contributed by atoms with Crippen LogP contribution in [-0.2, 0) is 9.59 Å². The van der Waals surface area contributed by atoms with E-state index in [0.717, 1.165) is 12.8 Å². The normalized spacial score (nSPS) is 30.3. The second kappa shape index (κ2) is 3.44. The first kappa shape index (κ1) is 9.24. The Morgan fingerprint density at radius 3 is 2.36 bits per heavy atom. The average molecular weight is 195 g/mol. The van der Waals surface area contributed by atoms with Crippen molar-refractivity contribution in [2.45, 2.75) is 25.3 Å². The van der Waals surface area contributed by atoms with Gasteiger partial charge in [0, 0.05) is 6.04 Å². The maximum absolute atomic E-state index is 11.5. The summed E-state index contributed by atoms with van der Waals surface area (Å²) < 4.78 is 0. The predicted molar refractivity (Wildman–Crippen MR) is 49.5 cm³/mol. The number of hydrogen-bond donors (Lipinski definition) is 2. The minimum Gasteiger partial charge on any atom is -0.481 e. The monoisotopic (exact) mass is 195 g/mol. The standard InChI is InChI=1S/C10H13NO3/c12-9(7-5-8(7)10(13)14)11-6-3-1-2-4-6/h1-2,6-8H,3-5H2,(H,11,12)(H,13,14). The lowest BCUT2D eigenvalue weighted by molar-refractivity contribution is -0.140. The molecular formula is C10H13NO3. The molecule has 0 saturated heterocycles. The van der Waals surface area contributed by atoms with Crippen LogP contribution in [0.2, 0.25) is 0 Å². The quantitative estimate of drug-likeness (QED) is 0.646. The van der Waals surface area contributed by atoms with Crippen LogP contribution in [0.4, 0.5) is 0 Å². The van der Waals surface area contributed by atoms with Crippen molar-refractivity contribution in [2.75, 3.05) is 0 Å². The molecule has 76 valence electrons. The molecule has 2 aliphatic rings. The predicted octanol–water partition coefficient (Wildman–Crippen LogP) is 0.542. The van der Waals surface area contributed by atoms with Crippen molar-refractivity contribution >= 4 is 11.9 Å². The Labute approximate surface area is 82.0 Å². The molecule has 14 heavy (non-hydrogen) atoms. The fourth-order valence-corrected chi connectivity index (χ4v) is 1.80. The van der Waals surface area contributed by atoms with Crippen LogP contribution in [0.15, 0.2) is 12.2 Å².